The normalized spacial score (nSPS) is 18.2. The van der Waals surface area contributed by atoms with Gasteiger partial charge in [-0.25, -0.2) is 9.88 Å². The number of hydrogen-bond donors (Lipinski definition) is 1. The number of ether oxygens (including phenoxy) is 1. The van der Waals surface area contributed by atoms with Crippen LogP contribution in [0.1, 0.15) is 31.5 Å². The lowest BCUT2D eigenvalue weighted by Crippen LogP contribution is -2.47. The fourth-order valence-corrected chi connectivity index (χ4v) is 4.12. The van der Waals surface area contributed by atoms with Gasteiger partial charge < -0.3 is 14.4 Å². The molecule has 0 spiro atoms. The van der Waals surface area contributed by atoms with Crippen LogP contribution in [-0.4, -0.2) is 50.3 Å². The van der Waals surface area contributed by atoms with Crippen LogP contribution in [-0.2, 0) is 27.3 Å². The third-order valence-corrected chi connectivity index (χ3v) is 5.32. The molecule has 2 heterocycles. The molecule has 0 aliphatic carbocycles. The van der Waals surface area contributed by atoms with Gasteiger partial charge in [-0.1, -0.05) is 37.0 Å². The topological polar surface area (TPSA) is 84.7 Å². The Morgan fingerprint density at radius 1 is 1.31 bits per heavy atom. The summed E-state index contributed by atoms with van der Waals surface area (Å²) in [5.74, 6) is -1.20. The molecule has 2 aromatic rings. The lowest BCUT2D eigenvalue weighted by molar-refractivity contribution is -0.145. The van der Waals surface area contributed by atoms with E-state index in [9.17, 15) is 14.7 Å². The molecule has 0 bridgehead atoms. The number of benzene rings is 1. The van der Waals surface area contributed by atoms with E-state index in [1.807, 2.05) is 30.5 Å². The molecular formula is C20H23Cl2N3O4. The van der Waals surface area contributed by atoms with E-state index in [4.69, 9.17) is 27.9 Å². The zero-order chi connectivity index (χ0) is 21.1. The number of carboxylic acids is 1. The summed E-state index contributed by atoms with van der Waals surface area (Å²) in [4.78, 5) is 30.0. The predicted octanol–water partition coefficient (Wildman–Crippen LogP) is 3.46. The molecule has 1 saturated heterocycles. The SMILES string of the molecule is CC(C)CC(C(=O)O)N1COC(=O)C1Cc1cncn1Cc1cc(Cl)cc(Cl)c1. The van der Waals surface area contributed by atoms with Crippen molar-refractivity contribution in [2.45, 2.75) is 45.3 Å². The summed E-state index contributed by atoms with van der Waals surface area (Å²) in [6.45, 7) is 4.36. The molecule has 1 aromatic carbocycles. The molecular weight excluding hydrogens is 417 g/mol. The third-order valence-electron chi connectivity index (χ3n) is 4.88. The standard InChI is InChI=1S/C20H23Cl2N3O4/c1-12(2)3-17(19(26)27)25-11-29-20(28)18(25)7-16-8-23-10-24(16)9-13-4-14(21)6-15(22)5-13/h4-6,8,10,12,17-18H,3,7,9,11H2,1-2H3,(H,26,27). The number of aliphatic carboxylic acids is 1. The average Bonchev–Trinajstić information content (AvgIpc) is 3.19. The van der Waals surface area contributed by atoms with E-state index in [2.05, 4.69) is 4.98 Å². The summed E-state index contributed by atoms with van der Waals surface area (Å²) in [6, 6.07) is 3.84. The molecule has 2 unspecified atom stereocenters. The van der Waals surface area contributed by atoms with E-state index in [0.29, 0.717) is 29.4 Å². The summed E-state index contributed by atoms with van der Waals surface area (Å²) in [7, 11) is 0. The Hall–Kier alpha value is -2.09. The molecule has 3 rings (SSSR count). The van der Waals surface area contributed by atoms with Gasteiger partial charge in [-0.15, -0.1) is 0 Å². The number of imidazole rings is 1. The van der Waals surface area contributed by atoms with Crippen LogP contribution in [0.15, 0.2) is 30.7 Å². The van der Waals surface area contributed by atoms with Crippen molar-refractivity contribution >= 4 is 35.1 Å². The monoisotopic (exact) mass is 439 g/mol. The zero-order valence-electron chi connectivity index (χ0n) is 16.2. The van der Waals surface area contributed by atoms with Crippen LogP contribution in [0.25, 0.3) is 0 Å². The van der Waals surface area contributed by atoms with E-state index in [-0.39, 0.29) is 12.6 Å². The number of esters is 1. The fourth-order valence-electron chi connectivity index (χ4n) is 3.55. The molecule has 9 heteroatoms. The second-order valence-electron chi connectivity index (χ2n) is 7.60. The zero-order valence-corrected chi connectivity index (χ0v) is 17.7. The summed E-state index contributed by atoms with van der Waals surface area (Å²) in [6.07, 6.45) is 4.07. The van der Waals surface area contributed by atoms with Crippen molar-refractivity contribution in [3.63, 3.8) is 0 Å². The lowest BCUT2D eigenvalue weighted by atomic mass is 10.0. The van der Waals surface area contributed by atoms with Gasteiger partial charge in [0.05, 0.1) is 6.33 Å². The first-order valence-corrected chi connectivity index (χ1v) is 10.1. The molecule has 1 aliphatic heterocycles. The van der Waals surface area contributed by atoms with E-state index in [0.717, 1.165) is 11.3 Å². The fraction of sp³-hybridized carbons (Fsp3) is 0.450. The van der Waals surface area contributed by atoms with Gasteiger partial charge in [0, 0.05) is 34.9 Å². The number of carboxylic acid groups (broad SMARTS) is 1. The summed E-state index contributed by atoms with van der Waals surface area (Å²) in [5.41, 5.74) is 1.69. The van der Waals surface area contributed by atoms with Crippen LogP contribution >= 0.6 is 23.2 Å². The maximum Gasteiger partial charge on any atom is 0.325 e. The first kappa shape index (κ1) is 21.6. The lowest BCUT2D eigenvalue weighted by Gasteiger charge is -2.27. The number of hydrogen-bond acceptors (Lipinski definition) is 5. The van der Waals surface area contributed by atoms with Crippen LogP contribution in [0.5, 0.6) is 0 Å². The van der Waals surface area contributed by atoms with Crippen molar-refractivity contribution in [2.75, 3.05) is 6.73 Å². The minimum atomic E-state index is -0.955. The highest BCUT2D eigenvalue weighted by molar-refractivity contribution is 6.34. The van der Waals surface area contributed by atoms with Crippen LogP contribution in [0.3, 0.4) is 0 Å². The first-order valence-electron chi connectivity index (χ1n) is 9.33. The van der Waals surface area contributed by atoms with Crippen molar-refractivity contribution in [2.24, 2.45) is 5.92 Å². The van der Waals surface area contributed by atoms with E-state index in [1.54, 1.807) is 23.5 Å². The van der Waals surface area contributed by atoms with Gasteiger partial charge in [0.25, 0.3) is 0 Å². The minimum Gasteiger partial charge on any atom is -0.480 e. The summed E-state index contributed by atoms with van der Waals surface area (Å²) < 4.78 is 7.08. The largest absolute Gasteiger partial charge is 0.480 e. The number of carbonyl (C=O) groups excluding carboxylic acids is 1. The molecule has 1 aliphatic rings. The quantitative estimate of drug-likeness (QED) is 0.633. The van der Waals surface area contributed by atoms with E-state index >= 15 is 0 Å². The predicted molar refractivity (Wildman–Crippen MR) is 109 cm³/mol. The van der Waals surface area contributed by atoms with Gasteiger partial charge in [-0.2, -0.15) is 0 Å². The molecule has 156 valence electrons. The second-order valence-corrected chi connectivity index (χ2v) is 8.47. The Bertz CT molecular complexity index is 879. The molecule has 2 atom stereocenters. The van der Waals surface area contributed by atoms with Crippen molar-refractivity contribution in [3.05, 3.63) is 52.0 Å². The van der Waals surface area contributed by atoms with Gasteiger partial charge in [0.15, 0.2) is 0 Å². The molecule has 1 fully saturated rings. The first-order chi connectivity index (χ1) is 13.7. The van der Waals surface area contributed by atoms with Gasteiger partial charge >= 0.3 is 11.9 Å². The number of halogens is 2. The van der Waals surface area contributed by atoms with Crippen molar-refractivity contribution in [1.29, 1.82) is 0 Å². The van der Waals surface area contributed by atoms with Crippen LogP contribution in [0, 0.1) is 5.92 Å². The summed E-state index contributed by atoms with van der Waals surface area (Å²) in [5, 5.41) is 10.7. The Morgan fingerprint density at radius 2 is 2.00 bits per heavy atom. The molecule has 1 N–H and O–H groups in total. The highest BCUT2D eigenvalue weighted by atomic mass is 35.5. The van der Waals surface area contributed by atoms with Crippen molar-refractivity contribution < 1.29 is 19.4 Å². The Morgan fingerprint density at radius 3 is 2.62 bits per heavy atom. The van der Waals surface area contributed by atoms with Crippen molar-refractivity contribution in [3.8, 4) is 0 Å². The maximum atomic E-state index is 12.4. The highest BCUT2D eigenvalue weighted by Gasteiger charge is 2.42. The average molecular weight is 440 g/mol. The minimum absolute atomic E-state index is 0.0226. The van der Waals surface area contributed by atoms with Gasteiger partial charge in [0.1, 0.15) is 18.8 Å². The maximum absolute atomic E-state index is 12.4. The van der Waals surface area contributed by atoms with Crippen molar-refractivity contribution in [1.82, 2.24) is 14.5 Å². The smallest absolute Gasteiger partial charge is 0.325 e. The number of cyclic esters (lactones) is 1. The van der Waals surface area contributed by atoms with E-state index in [1.165, 1.54) is 0 Å². The van der Waals surface area contributed by atoms with Gasteiger partial charge in [0.2, 0.25) is 0 Å². The molecule has 0 saturated carbocycles. The third kappa shape index (κ3) is 5.29. The Kier molecular flexibility index (Phi) is 6.82. The van der Waals surface area contributed by atoms with Crippen LogP contribution in [0.4, 0.5) is 0 Å². The Balaban J connectivity index is 1.80. The van der Waals surface area contributed by atoms with Crippen LogP contribution in [0.2, 0.25) is 10.0 Å². The second kappa shape index (κ2) is 9.15. The number of rotatable bonds is 8. The molecule has 7 nitrogen and oxygen atoms in total. The number of aromatic nitrogens is 2. The number of nitrogens with zero attached hydrogens (tertiary/aromatic N) is 3. The molecule has 1 aromatic heterocycles. The van der Waals surface area contributed by atoms with Crippen LogP contribution < -0.4 is 0 Å². The molecule has 29 heavy (non-hydrogen) atoms. The summed E-state index contributed by atoms with van der Waals surface area (Å²) >= 11 is 12.2. The van der Waals surface area contributed by atoms with Gasteiger partial charge in [-0.05, 0) is 36.1 Å². The Labute approximate surface area is 179 Å². The highest BCUT2D eigenvalue weighted by Crippen LogP contribution is 2.24. The number of carbonyl (C=O) groups is 2. The molecule has 0 radical (unpaired) electrons. The van der Waals surface area contributed by atoms with Gasteiger partial charge in [-0.3, -0.25) is 9.59 Å². The van der Waals surface area contributed by atoms with E-state index < -0.39 is 24.0 Å². The molecule has 0 amide bonds.